The van der Waals surface area contributed by atoms with Crippen molar-refractivity contribution in [1.29, 1.82) is 0 Å². The fraction of sp³-hybridized carbons (Fsp3) is 0.818. The Kier molecular flexibility index (Phi) is 5.21. The molecule has 2 amide bonds. The zero-order valence-corrected chi connectivity index (χ0v) is 9.98. The summed E-state index contributed by atoms with van der Waals surface area (Å²) in [6.45, 7) is 1.63. The van der Waals surface area contributed by atoms with Crippen LogP contribution in [0.5, 0.6) is 0 Å². The van der Waals surface area contributed by atoms with Crippen molar-refractivity contribution in [2.45, 2.75) is 44.7 Å². The second-order valence-electron chi connectivity index (χ2n) is 4.60. The molecule has 0 spiro atoms. The molecule has 2 atom stereocenters. The Bertz CT molecular complexity index is 279. The molecule has 0 aliphatic heterocycles. The number of hydrogen-bond donors (Lipinski definition) is 4. The molecule has 4 N–H and O–H groups in total. The quantitative estimate of drug-likeness (QED) is 0.518. The number of carboxylic acids is 1. The molecule has 1 fully saturated rings. The average molecular weight is 244 g/mol. The molecule has 1 aliphatic rings. The second kappa shape index (κ2) is 6.44. The minimum absolute atomic E-state index is 0.0137. The van der Waals surface area contributed by atoms with Gasteiger partial charge in [0.1, 0.15) is 6.04 Å². The summed E-state index contributed by atoms with van der Waals surface area (Å²) in [7, 11) is 0. The molecule has 0 saturated heterocycles. The predicted molar refractivity (Wildman–Crippen MR) is 61.6 cm³/mol. The standard InChI is InChI=1S/C11H20N2O4/c1-7(6-8-2-3-8)12-11(17)13-9(4-5-14)10(15)16/h7-9,14H,2-6H2,1H3,(H,15,16)(H2,12,13,17)/t7?,9-/m0/s1. The number of amides is 2. The first-order valence-electron chi connectivity index (χ1n) is 5.93. The van der Waals surface area contributed by atoms with Crippen LogP contribution in [0.25, 0.3) is 0 Å². The van der Waals surface area contributed by atoms with E-state index in [2.05, 4.69) is 10.6 Å². The molecule has 0 aromatic rings. The summed E-state index contributed by atoms with van der Waals surface area (Å²) in [5.74, 6) is -0.429. The largest absolute Gasteiger partial charge is 0.480 e. The number of carbonyl (C=O) groups is 2. The summed E-state index contributed by atoms with van der Waals surface area (Å²) >= 11 is 0. The Morgan fingerprint density at radius 3 is 2.47 bits per heavy atom. The van der Waals surface area contributed by atoms with Crippen LogP contribution in [0.4, 0.5) is 4.79 Å². The van der Waals surface area contributed by atoms with Crippen LogP contribution in [-0.2, 0) is 4.79 Å². The third kappa shape index (κ3) is 5.53. The maximum Gasteiger partial charge on any atom is 0.326 e. The van der Waals surface area contributed by atoms with Crippen molar-refractivity contribution in [3.05, 3.63) is 0 Å². The summed E-state index contributed by atoms with van der Waals surface area (Å²) in [5, 5.41) is 22.5. The Balaban J connectivity index is 2.27. The summed E-state index contributed by atoms with van der Waals surface area (Å²) in [5.41, 5.74) is 0. The van der Waals surface area contributed by atoms with Crippen LogP contribution in [-0.4, -0.2) is 40.9 Å². The van der Waals surface area contributed by atoms with Gasteiger partial charge in [-0.3, -0.25) is 0 Å². The number of urea groups is 1. The Labute approximate surface area is 100 Å². The van der Waals surface area contributed by atoms with Crippen molar-refractivity contribution in [3.8, 4) is 0 Å². The van der Waals surface area contributed by atoms with E-state index < -0.39 is 18.0 Å². The van der Waals surface area contributed by atoms with E-state index in [1.807, 2.05) is 6.92 Å². The smallest absolute Gasteiger partial charge is 0.326 e. The monoisotopic (exact) mass is 244 g/mol. The first-order chi connectivity index (χ1) is 8.02. The van der Waals surface area contributed by atoms with Gasteiger partial charge in [-0.1, -0.05) is 12.8 Å². The van der Waals surface area contributed by atoms with E-state index in [0.717, 1.165) is 6.42 Å². The molecule has 98 valence electrons. The zero-order chi connectivity index (χ0) is 12.8. The van der Waals surface area contributed by atoms with Gasteiger partial charge in [-0.05, 0) is 19.3 Å². The molecule has 0 aromatic heterocycles. The van der Waals surface area contributed by atoms with E-state index in [1.54, 1.807) is 0 Å². The number of carboxylic acid groups (broad SMARTS) is 1. The molecule has 17 heavy (non-hydrogen) atoms. The molecule has 1 saturated carbocycles. The van der Waals surface area contributed by atoms with Crippen molar-refractivity contribution in [2.75, 3.05) is 6.61 Å². The Morgan fingerprint density at radius 2 is 2.00 bits per heavy atom. The average Bonchev–Trinajstić information content (AvgIpc) is 3.00. The molecule has 6 nitrogen and oxygen atoms in total. The lowest BCUT2D eigenvalue weighted by molar-refractivity contribution is -0.139. The lowest BCUT2D eigenvalue weighted by Crippen LogP contribution is -2.48. The topological polar surface area (TPSA) is 98.7 Å². The van der Waals surface area contributed by atoms with Crippen LogP contribution in [0.15, 0.2) is 0 Å². The van der Waals surface area contributed by atoms with Crippen molar-refractivity contribution in [3.63, 3.8) is 0 Å². The van der Waals surface area contributed by atoms with Gasteiger partial charge in [0.15, 0.2) is 0 Å². The lowest BCUT2D eigenvalue weighted by Gasteiger charge is -2.17. The van der Waals surface area contributed by atoms with Gasteiger partial charge in [0.05, 0.1) is 0 Å². The molecule has 0 bridgehead atoms. The maximum atomic E-state index is 11.5. The van der Waals surface area contributed by atoms with Gasteiger partial charge < -0.3 is 20.8 Å². The van der Waals surface area contributed by atoms with Gasteiger partial charge in [0.2, 0.25) is 0 Å². The van der Waals surface area contributed by atoms with Crippen LogP contribution in [0.3, 0.4) is 0 Å². The normalized spacial score (nSPS) is 18.2. The number of rotatable bonds is 7. The Hall–Kier alpha value is -1.30. The Morgan fingerprint density at radius 1 is 1.35 bits per heavy atom. The van der Waals surface area contributed by atoms with Gasteiger partial charge >= 0.3 is 12.0 Å². The summed E-state index contributed by atoms with van der Waals surface area (Å²) in [6.07, 6.45) is 3.39. The highest BCUT2D eigenvalue weighted by Gasteiger charge is 2.25. The van der Waals surface area contributed by atoms with Crippen molar-refractivity contribution in [2.24, 2.45) is 5.92 Å². The molecule has 0 aromatic carbocycles. The first kappa shape index (κ1) is 13.8. The van der Waals surface area contributed by atoms with E-state index >= 15 is 0 Å². The zero-order valence-electron chi connectivity index (χ0n) is 9.98. The fourth-order valence-electron chi connectivity index (χ4n) is 1.72. The van der Waals surface area contributed by atoms with Crippen LogP contribution < -0.4 is 10.6 Å². The molecular formula is C11H20N2O4. The second-order valence-corrected chi connectivity index (χ2v) is 4.60. The highest BCUT2D eigenvalue weighted by Crippen LogP contribution is 2.33. The van der Waals surface area contributed by atoms with E-state index in [1.165, 1.54) is 12.8 Å². The highest BCUT2D eigenvalue weighted by atomic mass is 16.4. The maximum absolute atomic E-state index is 11.5. The summed E-state index contributed by atoms with van der Waals surface area (Å²) in [4.78, 5) is 22.2. The predicted octanol–water partition coefficient (Wildman–Crippen LogP) is 0.310. The number of hydrogen-bond acceptors (Lipinski definition) is 3. The van der Waals surface area contributed by atoms with Crippen molar-refractivity contribution < 1.29 is 19.8 Å². The number of aliphatic carboxylic acids is 1. The number of nitrogens with one attached hydrogen (secondary N) is 2. The molecule has 0 heterocycles. The van der Waals surface area contributed by atoms with Crippen molar-refractivity contribution in [1.82, 2.24) is 10.6 Å². The first-order valence-corrected chi connectivity index (χ1v) is 5.93. The summed E-state index contributed by atoms with van der Waals surface area (Å²) < 4.78 is 0. The molecule has 6 heteroatoms. The van der Waals surface area contributed by atoms with Gasteiger partial charge in [-0.2, -0.15) is 0 Å². The van der Waals surface area contributed by atoms with E-state index in [-0.39, 0.29) is 19.1 Å². The van der Waals surface area contributed by atoms with Crippen LogP contribution in [0.2, 0.25) is 0 Å². The molecule has 0 radical (unpaired) electrons. The number of carbonyl (C=O) groups excluding carboxylic acids is 1. The van der Waals surface area contributed by atoms with Gasteiger partial charge in [-0.25, -0.2) is 9.59 Å². The molecule has 1 aliphatic carbocycles. The minimum atomic E-state index is -1.14. The van der Waals surface area contributed by atoms with Gasteiger partial charge in [-0.15, -0.1) is 0 Å². The van der Waals surface area contributed by atoms with Crippen LogP contribution in [0.1, 0.15) is 32.6 Å². The van der Waals surface area contributed by atoms with E-state index in [9.17, 15) is 9.59 Å². The minimum Gasteiger partial charge on any atom is -0.480 e. The SMILES string of the molecule is CC(CC1CC1)NC(=O)N[C@@H](CCO)C(=O)O. The summed E-state index contributed by atoms with van der Waals surface area (Å²) in [6, 6.07) is -1.47. The third-order valence-corrected chi connectivity index (χ3v) is 2.78. The lowest BCUT2D eigenvalue weighted by atomic mass is 10.1. The van der Waals surface area contributed by atoms with E-state index in [4.69, 9.17) is 10.2 Å². The number of aliphatic hydroxyl groups excluding tert-OH is 1. The van der Waals surface area contributed by atoms with Crippen molar-refractivity contribution >= 4 is 12.0 Å². The number of aliphatic hydroxyl groups is 1. The van der Waals surface area contributed by atoms with Gasteiger partial charge in [0.25, 0.3) is 0 Å². The molecular weight excluding hydrogens is 224 g/mol. The van der Waals surface area contributed by atoms with Gasteiger partial charge in [0, 0.05) is 19.1 Å². The third-order valence-electron chi connectivity index (χ3n) is 2.78. The van der Waals surface area contributed by atoms with E-state index in [0.29, 0.717) is 5.92 Å². The highest BCUT2D eigenvalue weighted by molar-refractivity contribution is 5.82. The van der Waals surface area contributed by atoms with Crippen LogP contribution >= 0.6 is 0 Å². The molecule has 1 unspecified atom stereocenters. The fourth-order valence-corrected chi connectivity index (χ4v) is 1.72. The molecule has 1 rings (SSSR count). The van der Waals surface area contributed by atoms with Crippen LogP contribution in [0, 0.1) is 5.92 Å².